The highest BCUT2D eigenvalue weighted by Gasteiger charge is 2.64. The second-order valence-corrected chi connectivity index (χ2v) is 4.76. The predicted octanol–water partition coefficient (Wildman–Crippen LogP) is 1.21. The molecule has 0 aromatic heterocycles. The summed E-state index contributed by atoms with van der Waals surface area (Å²) >= 11 is 0. The molecule has 1 aromatic carbocycles. The van der Waals surface area contributed by atoms with Gasteiger partial charge >= 0.3 is 12.1 Å². The summed E-state index contributed by atoms with van der Waals surface area (Å²) in [6.45, 7) is -1.42. The Morgan fingerprint density at radius 2 is 1.75 bits per heavy atom. The molecule has 0 aliphatic rings. The molecule has 0 radical (unpaired) electrons. The van der Waals surface area contributed by atoms with Gasteiger partial charge < -0.3 is 19.3 Å². The Morgan fingerprint density at radius 3 is 2.21 bits per heavy atom. The molecule has 1 aromatic rings. The van der Waals surface area contributed by atoms with E-state index in [4.69, 9.17) is 0 Å². The molecule has 0 fully saturated rings. The highest BCUT2D eigenvalue weighted by Crippen LogP contribution is 2.42. The second-order valence-electron chi connectivity index (χ2n) is 4.76. The van der Waals surface area contributed by atoms with E-state index in [0.29, 0.717) is 7.11 Å². The maximum absolute atomic E-state index is 13.5. The van der Waals surface area contributed by atoms with Gasteiger partial charge in [-0.15, -0.1) is 0 Å². The number of alkyl halides is 3. The van der Waals surface area contributed by atoms with Gasteiger partial charge in [0, 0.05) is 19.8 Å². The van der Waals surface area contributed by atoms with Crippen molar-refractivity contribution in [2.24, 2.45) is 0 Å². The van der Waals surface area contributed by atoms with Gasteiger partial charge in [0.25, 0.3) is 5.60 Å². The Bertz CT molecular complexity index is 560. The zero-order valence-corrected chi connectivity index (χ0v) is 13.0. The van der Waals surface area contributed by atoms with Crippen LogP contribution in [0.4, 0.5) is 13.2 Å². The summed E-state index contributed by atoms with van der Waals surface area (Å²) in [6.07, 6.45) is -6.74. The molecular weight excluding hydrogens is 333 g/mol. The van der Waals surface area contributed by atoms with Gasteiger partial charge in [-0.2, -0.15) is 13.2 Å². The van der Waals surface area contributed by atoms with Crippen LogP contribution < -0.4 is 0 Å². The molecule has 0 bridgehead atoms. The Morgan fingerprint density at radius 1 is 1.17 bits per heavy atom. The minimum Gasteiger partial charge on any atom is -0.455 e. The SMILES string of the molecule is COC[C@H](O)C(=O)COC(=O)[C@@](OC)(c1ccccc1)C(F)(F)F. The first-order chi connectivity index (χ1) is 11.2. The van der Waals surface area contributed by atoms with Gasteiger partial charge in [0.05, 0.1) is 6.61 Å². The Labute approximate surface area is 136 Å². The zero-order chi connectivity index (χ0) is 18.4. The number of rotatable bonds is 8. The third kappa shape index (κ3) is 4.11. The third-order valence-corrected chi connectivity index (χ3v) is 3.21. The Balaban J connectivity index is 3.05. The summed E-state index contributed by atoms with van der Waals surface area (Å²) in [5.74, 6) is -2.80. The number of methoxy groups -OCH3 is 2. The van der Waals surface area contributed by atoms with Crippen molar-refractivity contribution >= 4 is 11.8 Å². The van der Waals surface area contributed by atoms with Gasteiger partial charge in [0.2, 0.25) is 5.78 Å². The maximum Gasteiger partial charge on any atom is 0.432 e. The van der Waals surface area contributed by atoms with Gasteiger partial charge in [0.1, 0.15) is 6.10 Å². The smallest absolute Gasteiger partial charge is 0.432 e. The maximum atomic E-state index is 13.5. The van der Waals surface area contributed by atoms with Gasteiger partial charge in [-0.1, -0.05) is 30.3 Å². The number of ether oxygens (including phenoxy) is 3. The van der Waals surface area contributed by atoms with Crippen LogP contribution in [0.3, 0.4) is 0 Å². The highest BCUT2D eigenvalue weighted by atomic mass is 19.4. The van der Waals surface area contributed by atoms with Crippen LogP contribution in [-0.4, -0.2) is 56.6 Å². The van der Waals surface area contributed by atoms with Crippen molar-refractivity contribution < 1.29 is 42.1 Å². The Hall–Kier alpha value is -1.97. The number of benzene rings is 1. The lowest BCUT2D eigenvalue weighted by Crippen LogP contribution is -2.52. The van der Waals surface area contributed by atoms with E-state index in [2.05, 4.69) is 14.2 Å². The van der Waals surface area contributed by atoms with Crippen molar-refractivity contribution in [1.29, 1.82) is 0 Å². The number of hydrogen-bond acceptors (Lipinski definition) is 6. The molecule has 0 saturated carbocycles. The molecule has 0 aliphatic heterocycles. The molecule has 0 amide bonds. The summed E-state index contributed by atoms with van der Waals surface area (Å²) < 4.78 is 54.1. The zero-order valence-electron chi connectivity index (χ0n) is 13.0. The number of esters is 1. The molecule has 9 heteroatoms. The molecule has 1 rings (SSSR count). The number of aliphatic hydroxyl groups excluding tert-OH is 1. The van der Waals surface area contributed by atoms with Crippen molar-refractivity contribution in [3.05, 3.63) is 35.9 Å². The molecule has 24 heavy (non-hydrogen) atoms. The van der Waals surface area contributed by atoms with E-state index in [1.54, 1.807) is 0 Å². The number of halogens is 3. The lowest BCUT2D eigenvalue weighted by atomic mass is 9.93. The largest absolute Gasteiger partial charge is 0.455 e. The first-order valence-electron chi connectivity index (χ1n) is 6.75. The fourth-order valence-corrected chi connectivity index (χ4v) is 1.97. The number of Topliss-reactive ketones (excluding diaryl/α,β-unsaturated/α-hetero) is 1. The van der Waals surface area contributed by atoms with Gasteiger partial charge in [-0.3, -0.25) is 4.79 Å². The number of carbonyl (C=O) groups is 2. The molecule has 0 saturated heterocycles. The average Bonchev–Trinajstić information content (AvgIpc) is 2.53. The predicted molar refractivity (Wildman–Crippen MR) is 75.0 cm³/mol. The summed E-state index contributed by atoms with van der Waals surface area (Å²) in [5, 5.41) is 9.35. The van der Waals surface area contributed by atoms with Gasteiger partial charge in [-0.05, 0) is 0 Å². The van der Waals surface area contributed by atoms with Crippen LogP contribution in [0.2, 0.25) is 0 Å². The number of ketones is 1. The number of carbonyl (C=O) groups excluding carboxylic acids is 2. The average molecular weight is 350 g/mol. The van der Waals surface area contributed by atoms with Crippen molar-refractivity contribution in [3.8, 4) is 0 Å². The normalized spacial score (nSPS) is 15.4. The summed E-state index contributed by atoms with van der Waals surface area (Å²) in [6, 6.07) is 6.18. The summed E-state index contributed by atoms with van der Waals surface area (Å²) in [4.78, 5) is 23.6. The van der Waals surface area contributed by atoms with E-state index >= 15 is 0 Å². The number of aliphatic hydroxyl groups is 1. The van der Waals surface area contributed by atoms with Crippen molar-refractivity contribution in [2.45, 2.75) is 17.9 Å². The summed E-state index contributed by atoms with van der Waals surface area (Å²) in [5.41, 5.74) is -3.87. The lowest BCUT2D eigenvalue weighted by molar-refractivity contribution is -0.276. The fraction of sp³-hybridized carbons (Fsp3) is 0.467. The van der Waals surface area contributed by atoms with E-state index in [9.17, 15) is 27.9 Å². The first kappa shape index (κ1) is 20.1. The molecular formula is C15H17F3O6. The van der Waals surface area contributed by atoms with Gasteiger partial charge in [0.15, 0.2) is 6.61 Å². The summed E-state index contributed by atoms with van der Waals surface area (Å²) in [7, 11) is 1.93. The topological polar surface area (TPSA) is 82.1 Å². The lowest BCUT2D eigenvalue weighted by Gasteiger charge is -2.32. The molecule has 1 N–H and O–H groups in total. The fourth-order valence-electron chi connectivity index (χ4n) is 1.97. The van der Waals surface area contributed by atoms with Crippen LogP contribution in [0.1, 0.15) is 5.56 Å². The van der Waals surface area contributed by atoms with Crippen LogP contribution >= 0.6 is 0 Å². The van der Waals surface area contributed by atoms with Crippen LogP contribution in [-0.2, 0) is 29.4 Å². The van der Waals surface area contributed by atoms with E-state index in [0.717, 1.165) is 12.1 Å². The molecule has 0 spiro atoms. The van der Waals surface area contributed by atoms with Crippen LogP contribution in [0.15, 0.2) is 30.3 Å². The molecule has 0 unspecified atom stereocenters. The van der Waals surface area contributed by atoms with Gasteiger partial charge in [-0.25, -0.2) is 4.79 Å². The van der Waals surface area contributed by atoms with E-state index in [1.165, 1.54) is 25.3 Å². The molecule has 0 heterocycles. The van der Waals surface area contributed by atoms with E-state index in [1.807, 2.05) is 0 Å². The molecule has 134 valence electrons. The van der Waals surface area contributed by atoms with Crippen molar-refractivity contribution in [3.63, 3.8) is 0 Å². The number of hydrogen-bond donors (Lipinski definition) is 1. The monoisotopic (exact) mass is 350 g/mol. The highest BCUT2D eigenvalue weighted by molar-refractivity contribution is 5.88. The molecule has 6 nitrogen and oxygen atoms in total. The standard InChI is InChI=1S/C15H17F3O6/c1-22-8-11(19)12(20)9-24-13(21)14(23-2,15(16,17)18)10-6-4-3-5-7-10/h3-7,11,19H,8-9H2,1-2H3/t11-,14-/m0/s1. The van der Waals surface area contributed by atoms with Crippen LogP contribution in [0, 0.1) is 0 Å². The van der Waals surface area contributed by atoms with E-state index < -0.39 is 41.8 Å². The first-order valence-corrected chi connectivity index (χ1v) is 6.75. The Kier molecular flexibility index (Phi) is 6.88. The minimum atomic E-state index is -5.13. The third-order valence-electron chi connectivity index (χ3n) is 3.21. The molecule has 2 atom stereocenters. The van der Waals surface area contributed by atoms with Crippen molar-refractivity contribution in [1.82, 2.24) is 0 Å². The van der Waals surface area contributed by atoms with Crippen LogP contribution in [0.5, 0.6) is 0 Å². The van der Waals surface area contributed by atoms with E-state index in [-0.39, 0.29) is 6.61 Å². The minimum absolute atomic E-state index is 0.371. The van der Waals surface area contributed by atoms with Crippen LogP contribution in [0.25, 0.3) is 0 Å². The second kappa shape index (κ2) is 8.22. The molecule has 0 aliphatic carbocycles. The van der Waals surface area contributed by atoms with Crippen molar-refractivity contribution in [2.75, 3.05) is 27.4 Å². The quantitative estimate of drug-likeness (QED) is 0.710.